The van der Waals surface area contributed by atoms with Gasteiger partial charge in [-0.05, 0) is 39.0 Å². The maximum atomic E-state index is 11.0. The summed E-state index contributed by atoms with van der Waals surface area (Å²) in [6.07, 6.45) is 3.54. The van der Waals surface area contributed by atoms with E-state index in [-0.39, 0.29) is 0 Å². The average molecular weight is 180 g/mol. The van der Waals surface area contributed by atoms with Crippen LogP contribution in [-0.2, 0) is 4.79 Å². The Balaban J connectivity index is 2.54. The lowest BCUT2D eigenvalue weighted by Crippen LogP contribution is -2.29. The number of rotatable bonds is 4. The van der Waals surface area contributed by atoms with Gasteiger partial charge in [-0.25, -0.2) is 0 Å². The summed E-state index contributed by atoms with van der Waals surface area (Å²) in [7, 11) is 0. The van der Waals surface area contributed by atoms with E-state index in [2.05, 4.69) is 11.8 Å². The van der Waals surface area contributed by atoms with Gasteiger partial charge >= 0.3 is 5.97 Å². The lowest BCUT2D eigenvalue weighted by Gasteiger charge is -2.23. The van der Waals surface area contributed by atoms with Crippen LogP contribution in [0.25, 0.3) is 0 Å². The van der Waals surface area contributed by atoms with E-state index in [9.17, 15) is 4.79 Å². The Hall–Kier alpha value is -0.970. The smallest absolute Gasteiger partial charge is 0.309 e. The summed E-state index contributed by atoms with van der Waals surface area (Å²) in [4.78, 5) is 11.0. The highest BCUT2D eigenvalue weighted by molar-refractivity contribution is 5.75. The van der Waals surface area contributed by atoms with E-state index in [0.717, 1.165) is 12.8 Å². The highest BCUT2D eigenvalue weighted by Crippen LogP contribution is 2.48. The normalized spacial score (nSPS) is 19.8. The van der Waals surface area contributed by atoms with Crippen LogP contribution in [0.5, 0.6) is 0 Å². The highest BCUT2D eigenvalue weighted by atomic mass is 16.4. The lowest BCUT2D eigenvalue weighted by atomic mass is 9.80. The van der Waals surface area contributed by atoms with Gasteiger partial charge in [0.15, 0.2) is 0 Å². The summed E-state index contributed by atoms with van der Waals surface area (Å²) >= 11 is 0. The molecule has 1 aliphatic carbocycles. The van der Waals surface area contributed by atoms with Crippen molar-refractivity contribution < 1.29 is 9.90 Å². The largest absolute Gasteiger partial charge is 0.481 e. The van der Waals surface area contributed by atoms with Gasteiger partial charge in [-0.15, -0.1) is 11.8 Å². The molecule has 2 heteroatoms. The molecule has 1 aliphatic rings. The van der Waals surface area contributed by atoms with E-state index < -0.39 is 11.4 Å². The first-order chi connectivity index (χ1) is 6.11. The van der Waals surface area contributed by atoms with E-state index in [1.165, 1.54) is 0 Å². The molecule has 0 aromatic heterocycles. The Labute approximate surface area is 79.3 Å². The molecule has 1 unspecified atom stereocenters. The molecule has 0 aromatic rings. The average Bonchev–Trinajstić information content (AvgIpc) is 2.86. The maximum absolute atomic E-state index is 11.0. The van der Waals surface area contributed by atoms with Crippen molar-refractivity contribution in [2.45, 2.75) is 39.5 Å². The molecule has 13 heavy (non-hydrogen) atoms. The van der Waals surface area contributed by atoms with Crippen LogP contribution in [0.3, 0.4) is 0 Å². The van der Waals surface area contributed by atoms with E-state index in [1.54, 1.807) is 6.92 Å². The summed E-state index contributed by atoms with van der Waals surface area (Å²) in [6, 6.07) is 0. The predicted octanol–water partition coefficient (Wildman–Crippen LogP) is 2.29. The van der Waals surface area contributed by atoms with Crippen molar-refractivity contribution >= 4 is 5.97 Å². The van der Waals surface area contributed by atoms with E-state index in [1.807, 2.05) is 6.92 Å². The number of hydrogen-bond donors (Lipinski definition) is 1. The summed E-state index contributed by atoms with van der Waals surface area (Å²) < 4.78 is 0. The zero-order valence-electron chi connectivity index (χ0n) is 8.26. The van der Waals surface area contributed by atoms with Gasteiger partial charge in [-0.3, -0.25) is 4.79 Å². The Bertz CT molecular complexity index is 255. The van der Waals surface area contributed by atoms with Crippen molar-refractivity contribution in [1.82, 2.24) is 0 Å². The molecule has 0 saturated heterocycles. The van der Waals surface area contributed by atoms with Crippen molar-refractivity contribution in [2.75, 3.05) is 0 Å². The predicted molar refractivity (Wildman–Crippen MR) is 51.2 cm³/mol. The molecule has 0 amide bonds. The quantitative estimate of drug-likeness (QED) is 0.674. The van der Waals surface area contributed by atoms with Gasteiger partial charge in [0.1, 0.15) is 0 Å². The van der Waals surface area contributed by atoms with Crippen molar-refractivity contribution in [1.29, 1.82) is 0 Å². The van der Waals surface area contributed by atoms with Crippen LogP contribution in [0.2, 0.25) is 0 Å². The van der Waals surface area contributed by atoms with Gasteiger partial charge in [0.05, 0.1) is 5.41 Å². The van der Waals surface area contributed by atoms with Gasteiger partial charge in [-0.1, -0.05) is 0 Å². The molecule has 0 aliphatic heterocycles. The molecule has 1 rings (SSSR count). The zero-order valence-corrected chi connectivity index (χ0v) is 8.26. The summed E-state index contributed by atoms with van der Waals surface area (Å²) in [5, 5.41) is 9.09. The lowest BCUT2D eigenvalue weighted by molar-refractivity contribution is -0.149. The van der Waals surface area contributed by atoms with E-state index in [0.29, 0.717) is 18.8 Å². The van der Waals surface area contributed by atoms with Crippen LogP contribution in [0.1, 0.15) is 39.5 Å². The Morgan fingerprint density at radius 3 is 2.62 bits per heavy atom. The second kappa shape index (κ2) is 3.83. The third-order valence-electron chi connectivity index (χ3n) is 2.91. The SMILES string of the molecule is CC#CCCC(C)(C(=O)O)C1CC1. The zero-order chi connectivity index (χ0) is 9.90. The highest BCUT2D eigenvalue weighted by Gasteiger charge is 2.46. The van der Waals surface area contributed by atoms with Crippen LogP contribution < -0.4 is 0 Å². The number of hydrogen-bond acceptors (Lipinski definition) is 1. The third-order valence-corrected chi connectivity index (χ3v) is 2.91. The Kier molecular flexibility index (Phi) is 2.98. The number of aliphatic carboxylic acids is 1. The molecule has 2 nitrogen and oxygen atoms in total. The first-order valence-electron chi connectivity index (χ1n) is 4.74. The number of carboxylic acids is 1. The van der Waals surface area contributed by atoms with Crippen LogP contribution in [-0.4, -0.2) is 11.1 Å². The minimum atomic E-state index is -0.659. The van der Waals surface area contributed by atoms with Gasteiger partial charge in [0.2, 0.25) is 0 Å². The number of carbonyl (C=O) groups is 1. The molecule has 0 spiro atoms. The van der Waals surface area contributed by atoms with Crippen molar-refractivity contribution in [3.63, 3.8) is 0 Å². The van der Waals surface area contributed by atoms with Gasteiger partial charge in [0, 0.05) is 6.42 Å². The summed E-state index contributed by atoms with van der Waals surface area (Å²) in [5.41, 5.74) is -0.524. The minimum absolute atomic E-state index is 0.392. The molecule has 1 saturated carbocycles. The molecule has 1 atom stereocenters. The molecular weight excluding hydrogens is 164 g/mol. The fourth-order valence-electron chi connectivity index (χ4n) is 1.65. The van der Waals surface area contributed by atoms with Crippen LogP contribution in [0.4, 0.5) is 0 Å². The summed E-state index contributed by atoms with van der Waals surface area (Å²) in [5.74, 6) is 5.46. The fraction of sp³-hybridized carbons (Fsp3) is 0.727. The van der Waals surface area contributed by atoms with Gasteiger partial charge in [0.25, 0.3) is 0 Å². The fourth-order valence-corrected chi connectivity index (χ4v) is 1.65. The monoisotopic (exact) mass is 180 g/mol. The topological polar surface area (TPSA) is 37.3 Å². The Morgan fingerprint density at radius 1 is 1.62 bits per heavy atom. The first kappa shape index (κ1) is 10.1. The van der Waals surface area contributed by atoms with Crippen LogP contribution in [0, 0.1) is 23.2 Å². The first-order valence-corrected chi connectivity index (χ1v) is 4.74. The molecule has 0 radical (unpaired) electrons. The maximum Gasteiger partial charge on any atom is 0.309 e. The van der Waals surface area contributed by atoms with E-state index in [4.69, 9.17) is 5.11 Å². The molecule has 1 N–H and O–H groups in total. The van der Waals surface area contributed by atoms with Crippen LogP contribution >= 0.6 is 0 Å². The second-order valence-corrected chi connectivity index (χ2v) is 3.92. The number of carboxylic acid groups (broad SMARTS) is 1. The van der Waals surface area contributed by atoms with Crippen molar-refractivity contribution in [3.05, 3.63) is 0 Å². The van der Waals surface area contributed by atoms with Gasteiger partial charge < -0.3 is 5.11 Å². The molecular formula is C11H16O2. The van der Waals surface area contributed by atoms with Crippen LogP contribution in [0.15, 0.2) is 0 Å². The van der Waals surface area contributed by atoms with Gasteiger partial charge in [-0.2, -0.15) is 0 Å². The third kappa shape index (κ3) is 2.24. The Morgan fingerprint density at radius 2 is 2.23 bits per heavy atom. The standard InChI is InChI=1S/C11H16O2/c1-3-4-5-8-11(2,10(12)13)9-6-7-9/h9H,5-8H2,1-2H3,(H,12,13). The summed E-state index contributed by atoms with van der Waals surface area (Å²) in [6.45, 7) is 3.64. The molecule has 0 bridgehead atoms. The molecule has 72 valence electrons. The molecule has 0 heterocycles. The van der Waals surface area contributed by atoms with Crippen molar-refractivity contribution in [2.24, 2.45) is 11.3 Å². The second-order valence-electron chi connectivity index (χ2n) is 3.92. The molecule has 1 fully saturated rings. The minimum Gasteiger partial charge on any atom is -0.481 e. The van der Waals surface area contributed by atoms with Crippen molar-refractivity contribution in [3.8, 4) is 11.8 Å². The molecule has 0 aromatic carbocycles. The van der Waals surface area contributed by atoms with E-state index >= 15 is 0 Å².